The first kappa shape index (κ1) is 29.5. The van der Waals surface area contributed by atoms with Crippen LogP contribution in [0.1, 0.15) is 66.8 Å². The van der Waals surface area contributed by atoms with Gasteiger partial charge in [0.1, 0.15) is 10.6 Å². The molecule has 4 N–H and O–H groups in total. The third-order valence-electron chi connectivity index (χ3n) is 10.5. The number of ketones is 1. The van der Waals surface area contributed by atoms with Gasteiger partial charge in [-0.25, -0.2) is 0 Å². The zero-order valence-corrected chi connectivity index (χ0v) is 27.4. The van der Waals surface area contributed by atoms with Crippen LogP contribution in [0.4, 0.5) is 0 Å². The summed E-state index contributed by atoms with van der Waals surface area (Å²) in [7, 11) is 0. The molecular formula is C36H45N5O2S. The van der Waals surface area contributed by atoms with E-state index in [0.717, 1.165) is 54.4 Å². The summed E-state index contributed by atoms with van der Waals surface area (Å²) in [5.74, 6) is 1.23. The van der Waals surface area contributed by atoms with Gasteiger partial charge in [-0.15, -0.1) is 11.3 Å². The fourth-order valence-corrected chi connectivity index (χ4v) is 9.20. The highest BCUT2D eigenvalue weighted by Crippen LogP contribution is 2.46. The van der Waals surface area contributed by atoms with Crippen LogP contribution in [0.2, 0.25) is 0 Å². The fourth-order valence-electron chi connectivity index (χ4n) is 8.01. The van der Waals surface area contributed by atoms with E-state index in [-0.39, 0.29) is 23.7 Å². The molecular weight excluding hydrogens is 566 g/mol. The monoisotopic (exact) mass is 611 g/mol. The van der Waals surface area contributed by atoms with Crippen molar-refractivity contribution in [1.29, 1.82) is 0 Å². The van der Waals surface area contributed by atoms with Crippen molar-refractivity contribution in [1.82, 2.24) is 25.5 Å². The number of fused-ring (bicyclic) bond motifs is 3. The fraction of sp³-hybridized carbons (Fsp3) is 0.500. The van der Waals surface area contributed by atoms with E-state index in [1.807, 2.05) is 12.3 Å². The maximum atomic E-state index is 14.0. The van der Waals surface area contributed by atoms with Crippen molar-refractivity contribution in [2.45, 2.75) is 71.4 Å². The number of thiophene rings is 1. The molecule has 2 aliphatic heterocycles. The van der Waals surface area contributed by atoms with Crippen molar-refractivity contribution in [3.63, 3.8) is 0 Å². The molecule has 5 heterocycles. The first-order chi connectivity index (χ1) is 21.1. The number of nitrogens with zero attached hydrogens (tertiary/aromatic N) is 1. The molecule has 3 aromatic heterocycles. The highest BCUT2D eigenvalue weighted by atomic mass is 32.1. The summed E-state index contributed by atoms with van der Waals surface area (Å²) in [5.41, 5.74) is 6.60. The van der Waals surface area contributed by atoms with Crippen molar-refractivity contribution in [2.75, 3.05) is 26.2 Å². The Hall–Kier alpha value is -3.20. The molecule has 3 aliphatic rings. The van der Waals surface area contributed by atoms with Gasteiger partial charge in [0, 0.05) is 66.2 Å². The van der Waals surface area contributed by atoms with Crippen molar-refractivity contribution >= 4 is 33.2 Å². The topological polar surface area (TPSA) is 93.0 Å². The van der Waals surface area contributed by atoms with E-state index < -0.39 is 5.41 Å². The third-order valence-corrected chi connectivity index (χ3v) is 11.8. The number of aromatic amines is 2. The molecule has 3 fully saturated rings. The van der Waals surface area contributed by atoms with Crippen molar-refractivity contribution < 1.29 is 9.59 Å². The van der Waals surface area contributed by atoms with E-state index in [1.54, 1.807) is 11.3 Å². The van der Waals surface area contributed by atoms with Crippen LogP contribution in [0.3, 0.4) is 0 Å². The largest absolute Gasteiger partial charge is 0.364 e. The number of amides is 1. The molecule has 8 heteroatoms. The molecule has 3 unspecified atom stereocenters. The predicted octanol–water partition coefficient (Wildman–Crippen LogP) is 6.04. The van der Waals surface area contributed by atoms with Gasteiger partial charge in [-0.3, -0.25) is 14.5 Å². The summed E-state index contributed by atoms with van der Waals surface area (Å²) in [4.78, 5) is 38.7. The Balaban J connectivity index is 1.13. The van der Waals surface area contributed by atoms with Crippen molar-refractivity contribution in [2.24, 2.45) is 17.8 Å². The maximum absolute atomic E-state index is 14.0. The predicted molar refractivity (Wildman–Crippen MR) is 178 cm³/mol. The molecule has 1 amide bonds. The molecule has 44 heavy (non-hydrogen) atoms. The van der Waals surface area contributed by atoms with Crippen LogP contribution in [0.15, 0.2) is 42.6 Å². The lowest BCUT2D eigenvalue weighted by Gasteiger charge is -2.38. The van der Waals surface area contributed by atoms with Crippen LogP contribution in [-0.2, 0) is 21.5 Å². The van der Waals surface area contributed by atoms with Crippen LogP contribution in [0.25, 0.3) is 21.5 Å². The minimum atomic E-state index is -0.549. The van der Waals surface area contributed by atoms with Crippen molar-refractivity contribution in [3.05, 3.63) is 69.9 Å². The van der Waals surface area contributed by atoms with Gasteiger partial charge in [0.2, 0.25) is 5.91 Å². The molecule has 1 saturated carbocycles. The summed E-state index contributed by atoms with van der Waals surface area (Å²) in [6, 6.07) is 13.4. The smallest absolute Gasteiger partial charge is 0.225 e. The van der Waals surface area contributed by atoms with Gasteiger partial charge in [0.15, 0.2) is 0 Å². The second kappa shape index (κ2) is 11.3. The van der Waals surface area contributed by atoms with Gasteiger partial charge in [-0.05, 0) is 94.5 Å². The Morgan fingerprint density at radius 3 is 2.52 bits per heavy atom. The lowest BCUT2D eigenvalue weighted by molar-refractivity contribution is -0.130. The molecule has 4 atom stereocenters. The molecule has 0 spiro atoms. The molecule has 7 rings (SSSR count). The minimum absolute atomic E-state index is 0.0298. The molecule has 232 valence electrons. The second-order valence-corrected chi connectivity index (χ2v) is 15.3. The average Bonchev–Trinajstić information content (AvgIpc) is 3.79. The Morgan fingerprint density at radius 1 is 1.11 bits per heavy atom. The van der Waals surface area contributed by atoms with E-state index in [0.29, 0.717) is 24.3 Å². The van der Waals surface area contributed by atoms with Crippen molar-refractivity contribution in [3.8, 4) is 11.3 Å². The lowest BCUT2D eigenvalue weighted by Crippen LogP contribution is -2.53. The SMILES string of the molecule is Cc1cc(C)cc(-c2[nH]c3sc(C(C)(C)C(=O)C4C5CCC4NC5)cc3c2[C@H](C)CNC(=O)C2CN(Cc3ccc[nH]3)C2)c1. The number of carbonyl (C=O) groups excluding carboxylic acids is 2. The number of rotatable bonds is 10. The van der Waals surface area contributed by atoms with Gasteiger partial charge >= 0.3 is 0 Å². The minimum Gasteiger partial charge on any atom is -0.364 e. The van der Waals surface area contributed by atoms with Gasteiger partial charge in [-0.1, -0.05) is 24.1 Å². The van der Waals surface area contributed by atoms with E-state index in [2.05, 4.69) is 90.5 Å². The number of nitrogens with one attached hydrogen (secondary N) is 4. The highest BCUT2D eigenvalue weighted by Gasteiger charge is 2.50. The van der Waals surface area contributed by atoms with Gasteiger partial charge < -0.3 is 20.6 Å². The average molecular weight is 612 g/mol. The lowest BCUT2D eigenvalue weighted by atomic mass is 9.76. The molecule has 7 nitrogen and oxygen atoms in total. The Morgan fingerprint density at radius 2 is 1.89 bits per heavy atom. The number of piperidine rings is 1. The molecule has 1 aromatic carbocycles. The number of hydrogen-bond donors (Lipinski definition) is 4. The van der Waals surface area contributed by atoms with E-state index in [4.69, 9.17) is 0 Å². The normalized spacial score (nSPS) is 22.9. The van der Waals surface area contributed by atoms with E-state index in [1.165, 1.54) is 33.3 Å². The molecule has 2 bridgehead atoms. The molecule has 0 radical (unpaired) electrons. The first-order valence-corrected chi connectivity index (χ1v) is 17.0. The van der Waals surface area contributed by atoms with Crippen LogP contribution in [0, 0.1) is 31.6 Å². The number of aryl methyl sites for hydroxylation is 2. The molecule has 1 aliphatic carbocycles. The number of benzene rings is 1. The summed E-state index contributed by atoms with van der Waals surface area (Å²) in [6.07, 6.45) is 4.21. The number of carbonyl (C=O) groups is 2. The first-order valence-electron chi connectivity index (χ1n) is 16.2. The van der Waals surface area contributed by atoms with Crippen LogP contribution in [-0.4, -0.2) is 58.8 Å². The number of hydrogen-bond acceptors (Lipinski definition) is 5. The molecule has 4 aromatic rings. The van der Waals surface area contributed by atoms with Crippen LogP contribution in [0.5, 0.6) is 0 Å². The van der Waals surface area contributed by atoms with Crippen LogP contribution < -0.4 is 10.6 Å². The Bertz CT molecular complexity index is 1650. The summed E-state index contributed by atoms with van der Waals surface area (Å²) < 4.78 is 0. The van der Waals surface area contributed by atoms with Gasteiger partial charge in [-0.2, -0.15) is 0 Å². The summed E-state index contributed by atoms with van der Waals surface area (Å²) in [6.45, 7) is 14.7. The number of aromatic nitrogens is 2. The summed E-state index contributed by atoms with van der Waals surface area (Å²) >= 11 is 1.72. The van der Waals surface area contributed by atoms with E-state index in [9.17, 15) is 9.59 Å². The zero-order valence-electron chi connectivity index (χ0n) is 26.5. The number of H-pyrrole nitrogens is 2. The van der Waals surface area contributed by atoms with E-state index >= 15 is 0 Å². The van der Waals surface area contributed by atoms with Gasteiger partial charge in [0.05, 0.1) is 17.0 Å². The molecule has 2 saturated heterocycles. The number of Topliss-reactive ketones (excluding diaryl/α,β-unsaturated/α-hetero) is 1. The third kappa shape index (κ3) is 5.25. The number of likely N-dealkylation sites (tertiary alicyclic amines) is 1. The zero-order chi connectivity index (χ0) is 30.7. The Kier molecular flexibility index (Phi) is 7.58. The second-order valence-electron chi connectivity index (χ2n) is 14.2. The quantitative estimate of drug-likeness (QED) is 0.176. The maximum Gasteiger partial charge on any atom is 0.225 e. The van der Waals surface area contributed by atoms with Gasteiger partial charge in [0.25, 0.3) is 0 Å². The van der Waals surface area contributed by atoms with Crippen LogP contribution >= 0.6 is 11.3 Å². The summed E-state index contributed by atoms with van der Waals surface area (Å²) in [5, 5.41) is 8.04. The Labute approximate surface area is 264 Å². The standard InChI is InChI=1S/C36H45N5O2S/c1-20-11-21(2)13-24(12-20)32-30(22(3)15-39-34(43)25-17-41(18-25)19-26-7-6-10-37-26)27-14-29(44-35(27)40-32)36(4,5)33(42)31-23-8-9-28(31)38-16-23/h6-7,10-14,22-23,25,28,31,37-38,40H,8-9,15-19H2,1-5H3,(H,39,43)/t22-,23?,28?,31?/m1/s1. The highest BCUT2D eigenvalue weighted by molar-refractivity contribution is 7.19.